The first-order valence-electron chi connectivity index (χ1n) is 8.48. The van der Waals surface area contributed by atoms with Crippen molar-refractivity contribution in [3.63, 3.8) is 0 Å². The number of nitrogens with zero attached hydrogens (tertiary/aromatic N) is 5. The highest BCUT2D eigenvalue weighted by atomic mass is 16.2. The molecule has 136 valence electrons. The molecule has 3 heterocycles. The Hall–Kier alpha value is -3.08. The van der Waals surface area contributed by atoms with Crippen LogP contribution < -0.4 is 21.5 Å². The van der Waals surface area contributed by atoms with Gasteiger partial charge in [0.05, 0.1) is 5.56 Å². The third-order valence-corrected chi connectivity index (χ3v) is 4.81. The minimum absolute atomic E-state index is 0.0787. The highest BCUT2D eigenvalue weighted by Crippen LogP contribution is 2.23. The van der Waals surface area contributed by atoms with Crippen molar-refractivity contribution in [2.75, 3.05) is 23.3 Å². The van der Waals surface area contributed by atoms with E-state index in [-0.39, 0.29) is 17.3 Å². The quantitative estimate of drug-likeness (QED) is 0.870. The lowest BCUT2D eigenvalue weighted by atomic mass is 10.1. The predicted octanol–water partition coefficient (Wildman–Crippen LogP) is 0.658. The normalized spacial score (nSPS) is 16.6. The molecule has 0 aliphatic carbocycles. The van der Waals surface area contributed by atoms with Crippen LogP contribution in [0.1, 0.15) is 23.2 Å². The molecule has 1 aliphatic rings. The first-order valence-corrected chi connectivity index (χ1v) is 8.48. The fourth-order valence-corrected chi connectivity index (χ4v) is 3.39. The van der Waals surface area contributed by atoms with Gasteiger partial charge in [0.15, 0.2) is 0 Å². The number of pyridine rings is 1. The van der Waals surface area contributed by atoms with E-state index in [2.05, 4.69) is 16.4 Å². The van der Waals surface area contributed by atoms with E-state index in [0.717, 1.165) is 22.2 Å². The van der Waals surface area contributed by atoms with Gasteiger partial charge in [0.1, 0.15) is 17.7 Å². The maximum absolute atomic E-state index is 12.1. The summed E-state index contributed by atoms with van der Waals surface area (Å²) in [6.45, 7) is 5.13. The van der Waals surface area contributed by atoms with Crippen LogP contribution in [0.5, 0.6) is 0 Å². The van der Waals surface area contributed by atoms with Crippen LogP contribution in [0.25, 0.3) is 0 Å². The Morgan fingerprint density at radius 1 is 1.23 bits per heavy atom. The summed E-state index contributed by atoms with van der Waals surface area (Å²) in [6, 6.07) is 5.66. The third kappa shape index (κ3) is 3.08. The second kappa shape index (κ2) is 6.67. The number of nitriles is 1. The Labute approximate surface area is 151 Å². The van der Waals surface area contributed by atoms with Crippen molar-refractivity contribution in [1.29, 1.82) is 5.26 Å². The van der Waals surface area contributed by atoms with E-state index in [1.165, 1.54) is 17.7 Å². The van der Waals surface area contributed by atoms with Crippen LogP contribution in [0.2, 0.25) is 0 Å². The molecule has 1 N–H and O–H groups in total. The maximum Gasteiger partial charge on any atom is 0.332 e. The van der Waals surface area contributed by atoms with Gasteiger partial charge in [-0.05, 0) is 31.9 Å². The molecule has 2 aromatic heterocycles. The van der Waals surface area contributed by atoms with Crippen molar-refractivity contribution in [2.24, 2.45) is 14.1 Å². The lowest BCUT2D eigenvalue weighted by Gasteiger charge is -2.22. The highest BCUT2D eigenvalue weighted by Gasteiger charge is 2.26. The van der Waals surface area contributed by atoms with E-state index in [4.69, 9.17) is 0 Å². The van der Waals surface area contributed by atoms with Gasteiger partial charge in [-0.1, -0.05) is 0 Å². The SMILES string of the molecule is Cc1cc(C)c(C#N)c(N[C@H]2CCN(c3cc(=O)n(C)c(=O)n3C)C2)n1. The second-order valence-electron chi connectivity index (χ2n) is 6.73. The van der Waals surface area contributed by atoms with Crippen molar-refractivity contribution in [2.45, 2.75) is 26.3 Å². The Morgan fingerprint density at radius 3 is 2.65 bits per heavy atom. The number of aryl methyl sites for hydroxylation is 2. The van der Waals surface area contributed by atoms with Gasteiger partial charge in [0.25, 0.3) is 5.56 Å². The monoisotopic (exact) mass is 354 g/mol. The van der Waals surface area contributed by atoms with E-state index in [0.29, 0.717) is 30.3 Å². The fourth-order valence-electron chi connectivity index (χ4n) is 3.39. The zero-order valence-electron chi connectivity index (χ0n) is 15.4. The topological polar surface area (TPSA) is 96.0 Å². The Balaban J connectivity index is 1.84. The highest BCUT2D eigenvalue weighted by molar-refractivity contribution is 5.57. The minimum Gasteiger partial charge on any atom is -0.364 e. The Bertz CT molecular complexity index is 1010. The molecule has 0 aromatic carbocycles. The number of nitrogens with one attached hydrogen (secondary N) is 1. The molecule has 0 radical (unpaired) electrons. The van der Waals surface area contributed by atoms with Gasteiger partial charge in [0, 0.05) is 45.0 Å². The molecule has 0 spiro atoms. The summed E-state index contributed by atoms with van der Waals surface area (Å²) in [5.74, 6) is 1.20. The molecule has 1 atom stereocenters. The van der Waals surface area contributed by atoms with Crippen molar-refractivity contribution >= 4 is 11.6 Å². The largest absolute Gasteiger partial charge is 0.364 e. The molecule has 1 aliphatic heterocycles. The van der Waals surface area contributed by atoms with Gasteiger partial charge in [0.2, 0.25) is 0 Å². The fraction of sp³-hybridized carbons (Fsp3) is 0.444. The van der Waals surface area contributed by atoms with Crippen LogP contribution in [0, 0.1) is 25.2 Å². The molecule has 3 rings (SSSR count). The number of hydrogen-bond donors (Lipinski definition) is 1. The molecule has 26 heavy (non-hydrogen) atoms. The first kappa shape index (κ1) is 17.7. The molecule has 8 heteroatoms. The summed E-state index contributed by atoms with van der Waals surface area (Å²) in [5.41, 5.74) is 1.64. The smallest absolute Gasteiger partial charge is 0.332 e. The van der Waals surface area contributed by atoms with Gasteiger partial charge >= 0.3 is 5.69 Å². The first-order chi connectivity index (χ1) is 12.3. The third-order valence-electron chi connectivity index (χ3n) is 4.81. The lowest BCUT2D eigenvalue weighted by molar-refractivity contribution is 0.672. The Kier molecular flexibility index (Phi) is 4.55. The van der Waals surface area contributed by atoms with Crippen LogP contribution in [-0.4, -0.2) is 33.2 Å². The van der Waals surface area contributed by atoms with E-state index in [1.54, 1.807) is 7.05 Å². The molecular weight excluding hydrogens is 332 g/mol. The second-order valence-corrected chi connectivity index (χ2v) is 6.73. The molecule has 8 nitrogen and oxygen atoms in total. The van der Waals surface area contributed by atoms with Crippen LogP contribution in [0.4, 0.5) is 11.6 Å². The van der Waals surface area contributed by atoms with E-state index >= 15 is 0 Å². The minimum atomic E-state index is -0.341. The molecule has 0 saturated carbocycles. The molecule has 2 aromatic rings. The Morgan fingerprint density at radius 2 is 1.96 bits per heavy atom. The van der Waals surface area contributed by atoms with Gasteiger partial charge in [-0.15, -0.1) is 0 Å². The van der Waals surface area contributed by atoms with Crippen molar-refractivity contribution in [3.8, 4) is 6.07 Å². The van der Waals surface area contributed by atoms with Gasteiger partial charge < -0.3 is 10.2 Å². The van der Waals surface area contributed by atoms with E-state index in [9.17, 15) is 14.9 Å². The molecule has 1 saturated heterocycles. The summed E-state index contributed by atoms with van der Waals surface area (Å²) in [5, 5.41) is 12.8. The lowest BCUT2D eigenvalue weighted by Crippen LogP contribution is -2.40. The van der Waals surface area contributed by atoms with Gasteiger partial charge in [-0.25, -0.2) is 9.78 Å². The molecule has 0 bridgehead atoms. The number of rotatable bonds is 3. The van der Waals surface area contributed by atoms with Crippen molar-refractivity contribution in [3.05, 3.63) is 49.8 Å². The summed E-state index contributed by atoms with van der Waals surface area (Å²) in [4.78, 5) is 30.6. The van der Waals surface area contributed by atoms with Crippen molar-refractivity contribution < 1.29 is 0 Å². The summed E-state index contributed by atoms with van der Waals surface area (Å²) in [7, 11) is 3.13. The molecule has 0 amide bonds. The van der Waals surface area contributed by atoms with Crippen LogP contribution >= 0.6 is 0 Å². The predicted molar refractivity (Wildman–Crippen MR) is 99.6 cm³/mol. The summed E-state index contributed by atoms with van der Waals surface area (Å²) >= 11 is 0. The molecule has 1 fully saturated rings. The maximum atomic E-state index is 12.1. The molecule has 0 unspecified atom stereocenters. The zero-order chi connectivity index (χ0) is 19.0. The van der Waals surface area contributed by atoms with Gasteiger partial charge in [-0.3, -0.25) is 13.9 Å². The molecular formula is C18H22N6O2. The average molecular weight is 354 g/mol. The zero-order valence-corrected chi connectivity index (χ0v) is 15.4. The van der Waals surface area contributed by atoms with Crippen LogP contribution in [0.15, 0.2) is 21.7 Å². The van der Waals surface area contributed by atoms with Gasteiger partial charge in [-0.2, -0.15) is 5.26 Å². The summed E-state index contributed by atoms with van der Waals surface area (Å²) in [6.07, 6.45) is 0.822. The van der Waals surface area contributed by atoms with Crippen molar-refractivity contribution in [1.82, 2.24) is 14.1 Å². The van der Waals surface area contributed by atoms with E-state index < -0.39 is 0 Å². The van der Waals surface area contributed by atoms with Crippen LogP contribution in [-0.2, 0) is 14.1 Å². The number of anilines is 2. The number of hydrogen-bond acceptors (Lipinski definition) is 6. The van der Waals surface area contributed by atoms with Crippen LogP contribution in [0.3, 0.4) is 0 Å². The van der Waals surface area contributed by atoms with E-state index in [1.807, 2.05) is 24.8 Å². The average Bonchev–Trinajstić information content (AvgIpc) is 3.04. The standard InChI is InChI=1S/C18H22N6O2/c1-11-7-12(2)20-17(14(11)9-19)21-13-5-6-24(10-13)15-8-16(25)23(4)18(26)22(15)3/h7-8,13H,5-6,10H2,1-4H3,(H,20,21)/t13-/m0/s1. The number of aromatic nitrogens is 3. The summed E-state index contributed by atoms with van der Waals surface area (Å²) < 4.78 is 2.58.